The maximum Gasteiger partial charge on any atom is 0.315 e. The number of likely N-dealkylation sites (N-methyl/N-ethyl adjacent to an activating group) is 1. The molecule has 2 heterocycles. The van der Waals surface area contributed by atoms with Gasteiger partial charge in [0, 0.05) is 37.8 Å². The van der Waals surface area contributed by atoms with E-state index in [-0.39, 0.29) is 18.0 Å². The molecule has 1 atom stereocenters. The molecule has 25 heavy (non-hydrogen) atoms. The predicted octanol–water partition coefficient (Wildman–Crippen LogP) is 1.52. The number of carbonyl (C=O) groups excluding carboxylic acids is 2. The van der Waals surface area contributed by atoms with Crippen LogP contribution < -0.4 is 10.6 Å². The highest BCUT2D eigenvalue weighted by Gasteiger charge is 2.27. The minimum atomic E-state index is -0.264. The van der Waals surface area contributed by atoms with Gasteiger partial charge in [-0.3, -0.25) is 4.79 Å². The van der Waals surface area contributed by atoms with Crippen LogP contribution in [-0.4, -0.2) is 46.3 Å². The summed E-state index contributed by atoms with van der Waals surface area (Å²) in [6, 6.07) is 9.50. The van der Waals surface area contributed by atoms with Crippen LogP contribution >= 0.6 is 0 Å². The predicted molar refractivity (Wildman–Crippen MR) is 94.5 cm³/mol. The summed E-state index contributed by atoms with van der Waals surface area (Å²) < 4.78 is 1.88. The highest BCUT2D eigenvalue weighted by atomic mass is 16.2. The average Bonchev–Trinajstić information content (AvgIpc) is 3.05. The number of likely N-dealkylation sites (tertiary alicyclic amines) is 1. The molecule has 1 saturated heterocycles. The van der Waals surface area contributed by atoms with Gasteiger partial charge < -0.3 is 15.5 Å². The third-order valence-corrected chi connectivity index (χ3v) is 4.54. The van der Waals surface area contributed by atoms with Crippen molar-refractivity contribution in [3.8, 4) is 5.69 Å². The summed E-state index contributed by atoms with van der Waals surface area (Å²) in [5.41, 5.74) is 3.88. The lowest BCUT2D eigenvalue weighted by Gasteiger charge is -2.13. The summed E-state index contributed by atoms with van der Waals surface area (Å²) in [7, 11) is 1.74. The van der Waals surface area contributed by atoms with E-state index in [0.717, 1.165) is 22.6 Å². The van der Waals surface area contributed by atoms with Crippen molar-refractivity contribution in [2.45, 2.75) is 32.9 Å². The Morgan fingerprint density at radius 2 is 2.00 bits per heavy atom. The Morgan fingerprint density at radius 3 is 2.64 bits per heavy atom. The lowest BCUT2D eigenvalue weighted by Crippen LogP contribution is -2.42. The van der Waals surface area contributed by atoms with Gasteiger partial charge in [0.25, 0.3) is 0 Å². The quantitative estimate of drug-likeness (QED) is 0.885. The van der Waals surface area contributed by atoms with Crippen LogP contribution in [0.5, 0.6) is 0 Å². The fraction of sp³-hybridized carbons (Fsp3) is 0.389. The molecule has 2 N–H and O–H groups in total. The highest BCUT2D eigenvalue weighted by molar-refractivity contribution is 5.81. The number of hydrogen-bond acceptors (Lipinski definition) is 3. The zero-order valence-corrected chi connectivity index (χ0v) is 14.7. The standard InChI is InChI=1S/C18H23N5O2/c1-12-16(13(2)23(21-12)15-7-5-4-6-8-15)10-19-18(25)20-14-9-17(24)22(3)11-14/h4-8,14H,9-11H2,1-3H3,(H2,19,20,25). The van der Waals surface area contributed by atoms with Gasteiger partial charge in [-0.15, -0.1) is 0 Å². The molecule has 7 heteroatoms. The van der Waals surface area contributed by atoms with E-state index >= 15 is 0 Å². The first-order chi connectivity index (χ1) is 12.0. The van der Waals surface area contributed by atoms with Crippen molar-refractivity contribution in [3.63, 3.8) is 0 Å². The number of hydrogen-bond donors (Lipinski definition) is 2. The molecule has 2 aromatic rings. The van der Waals surface area contributed by atoms with E-state index in [2.05, 4.69) is 15.7 Å². The molecule has 3 amide bonds. The van der Waals surface area contributed by atoms with Crippen LogP contribution in [0.25, 0.3) is 5.69 Å². The van der Waals surface area contributed by atoms with Crippen LogP contribution in [0.4, 0.5) is 4.79 Å². The van der Waals surface area contributed by atoms with Crippen molar-refractivity contribution >= 4 is 11.9 Å². The molecule has 1 unspecified atom stereocenters. The fourth-order valence-corrected chi connectivity index (χ4v) is 3.12. The van der Waals surface area contributed by atoms with Crippen molar-refractivity contribution in [1.29, 1.82) is 0 Å². The summed E-state index contributed by atoms with van der Waals surface area (Å²) in [6.45, 7) is 4.88. The van der Waals surface area contributed by atoms with E-state index in [1.165, 1.54) is 0 Å². The summed E-state index contributed by atoms with van der Waals surface area (Å²) in [5.74, 6) is 0.0566. The molecule has 0 radical (unpaired) electrons. The lowest BCUT2D eigenvalue weighted by atomic mass is 10.2. The van der Waals surface area contributed by atoms with Crippen molar-refractivity contribution < 1.29 is 9.59 Å². The maximum absolute atomic E-state index is 12.1. The lowest BCUT2D eigenvalue weighted by molar-refractivity contribution is -0.126. The molecule has 0 bridgehead atoms. The summed E-state index contributed by atoms with van der Waals surface area (Å²) >= 11 is 0. The number of para-hydroxylation sites is 1. The Labute approximate surface area is 147 Å². The van der Waals surface area contributed by atoms with Crippen molar-refractivity contribution in [2.75, 3.05) is 13.6 Å². The SMILES string of the molecule is Cc1nn(-c2ccccc2)c(C)c1CNC(=O)NC1CC(=O)N(C)C1. The average molecular weight is 341 g/mol. The number of nitrogens with zero attached hydrogens (tertiary/aromatic N) is 3. The second-order valence-electron chi connectivity index (χ2n) is 6.40. The molecule has 0 saturated carbocycles. The Bertz CT molecular complexity index is 784. The smallest absolute Gasteiger partial charge is 0.315 e. The van der Waals surface area contributed by atoms with Crippen LogP contribution in [0.15, 0.2) is 30.3 Å². The van der Waals surface area contributed by atoms with E-state index in [1.807, 2.05) is 48.9 Å². The maximum atomic E-state index is 12.1. The summed E-state index contributed by atoms with van der Waals surface area (Å²) in [4.78, 5) is 25.2. The minimum Gasteiger partial charge on any atom is -0.344 e. The second-order valence-corrected chi connectivity index (χ2v) is 6.40. The molecule has 1 aliphatic heterocycles. The zero-order valence-electron chi connectivity index (χ0n) is 14.7. The molecule has 1 fully saturated rings. The molecule has 3 rings (SSSR count). The number of rotatable bonds is 4. The third kappa shape index (κ3) is 3.65. The first-order valence-corrected chi connectivity index (χ1v) is 8.34. The topological polar surface area (TPSA) is 79.3 Å². The number of aryl methyl sites for hydroxylation is 1. The normalized spacial score (nSPS) is 17.0. The first kappa shape index (κ1) is 17.0. The molecule has 1 aromatic carbocycles. The Hall–Kier alpha value is -2.83. The largest absolute Gasteiger partial charge is 0.344 e. The van der Waals surface area contributed by atoms with Gasteiger partial charge in [0.05, 0.1) is 17.4 Å². The zero-order chi connectivity index (χ0) is 18.0. The molecule has 1 aliphatic rings. The van der Waals surface area contributed by atoms with E-state index in [0.29, 0.717) is 19.5 Å². The van der Waals surface area contributed by atoms with Gasteiger partial charge in [0.1, 0.15) is 0 Å². The van der Waals surface area contributed by atoms with Crippen molar-refractivity contribution in [1.82, 2.24) is 25.3 Å². The number of aromatic nitrogens is 2. The van der Waals surface area contributed by atoms with Crippen LogP contribution in [0, 0.1) is 13.8 Å². The fourth-order valence-electron chi connectivity index (χ4n) is 3.12. The first-order valence-electron chi connectivity index (χ1n) is 8.34. The number of nitrogens with one attached hydrogen (secondary N) is 2. The molecule has 1 aromatic heterocycles. The van der Waals surface area contributed by atoms with E-state index in [4.69, 9.17) is 0 Å². The van der Waals surface area contributed by atoms with E-state index < -0.39 is 0 Å². The van der Waals surface area contributed by atoms with Gasteiger partial charge in [-0.25, -0.2) is 9.48 Å². The second kappa shape index (κ2) is 6.96. The third-order valence-electron chi connectivity index (χ3n) is 4.54. The Balaban J connectivity index is 1.63. The van der Waals surface area contributed by atoms with Gasteiger partial charge in [-0.05, 0) is 26.0 Å². The van der Waals surface area contributed by atoms with Crippen molar-refractivity contribution in [3.05, 3.63) is 47.3 Å². The molecule has 0 spiro atoms. The number of urea groups is 1. The monoisotopic (exact) mass is 341 g/mol. The van der Waals surface area contributed by atoms with Gasteiger partial charge in [0.15, 0.2) is 0 Å². The summed E-state index contributed by atoms with van der Waals surface area (Å²) in [6.07, 6.45) is 0.355. The van der Waals surface area contributed by atoms with Crippen LogP contribution in [-0.2, 0) is 11.3 Å². The van der Waals surface area contributed by atoms with Gasteiger partial charge in [0.2, 0.25) is 5.91 Å². The number of benzene rings is 1. The molecule has 0 aliphatic carbocycles. The van der Waals surface area contributed by atoms with Crippen LogP contribution in [0.3, 0.4) is 0 Å². The highest BCUT2D eigenvalue weighted by Crippen LogP contribution is 2.17. The van der Waals surface area contributed by atoms with Crippen molar-refractivity contribution in [2.24, 2.45) is 0 Å². The minimum absolute atomic E-state index is 0.0566. The molecule has 7 nitrogen and oxygen atoms in total. The van der Waals surface area contributed by atoms with E-state index in [1.54, 1.807) is 11.9 Å². The Kier molecular flexibility index (Phi) is 4.74. The molecular weight excluding hydrogens is 318 g/mol. The number of carbonyl (C=O) groups is 2. The molecular formula is C18H23N5O2. The van der Waals surface area contributed by atoms with Gasteiger partial charge in [-0.1, -0.05) is 18.2 Å². The Morgan fingerprint density at radius 1 is 1.28 bits per heavy atom. The summed E-state index contributed by atoms with van der Waals surface area (Å²) in [5, 5.41) is 10.3. The van der Waals surface area contributed by atoms with Gasteiger partial charge in [-0.2, -0.15) is 5.10 Å². The van der Waals surface area contributed by atoms with E-state index in [9.17, 15) is 9.59 Å². The van der Waals surface area contributed by atoms with Crippen LogP contribution in [0.1, 0.15) is 23.4 Å². The number of amides is 3. The van der Waals surface area contributed by atoms with Crippen LogP contribution in [0.2, 0.25) is 0 Å². The van der Waals surface area contributed by atoms with Gasteiger partial charge >= 0.3 is 6.03 Å². The molecule has 132 valence electrons.